The Bertz CT molecular complexity index is 1380. The molecular formula is C27H24N4O2. The Labute approximate surface area is 192 Å². The number of ether oxygens (including phenoxy) is 1. The number of aromatic nitrogens is 3. The van der Waals surface area contributed by atoms with Gasteiger partial charge in [-0.1, -0.05) is 30.3 Å². The summed E-state index contributed by atoms with van der Waals surface area (Å²) in [6.45, 7) is 3.40. The molecule has 0 aliphatic rings. The van der Waals surface area contributed by atoms with Gasteiger partial charge in [0, 0.05) is 31.0 Å². The summed E-state index contributed by atoms with van der Waals surface area (Å²) in [5, 5.41) is 0. The summed E-state index contributed by atoms with van der Waals surface area (Å²) < 4.78 is 12.0. The number of hydrogen-bond acceptors (Lipinski definition) is 6. The van der Waals surface area contributed by atoms with Gasteiger partial charge in [0.25, 0.3) is 0 Å². The van der Waals surface area contributed by atoms with Crippen LogP contribution in [0.2, 0.25) is 0 Å². The average molecular weight is 437 g/mol. The van der Waals surface area contributed by atoms with E-state index < -0.39 is 0 Å². The molecule has 3 aromatic carbocycles. The van der Waals surface area contributed by atoms with Gasteiger partial charge in [-0.05, 0) is 62.0 Å². The van der Waals surface area contributed by atoms with E-state index in [4.69, 9.17) is 14.1 Å². The van der Waals surface area contributed by atoms with Crippen LogP contribution in [0.4, 0.5) is 0 Å². The summed E-state index contributed by atoms with van der Waals surface area (Å²) in [4.78, 5) is 15.7. The first-order valence-corrected chi connectivity index (χ1v) is 10.8. The Morgan fingerprint density at radius 2 is 1.61 bits per heavy atom. The summed E-state index contributed by atoms with van der Waals surface area (Å²) in [7, 11) is 2.07. The number of oxazole rings is 1. The van der Waals surface area contributed by atoms with E-state index in [2.05, 4.69) is 34.0 Å². The highest BCUT2D eigenvalue weighted by molar-refractivity contribution is 5.74. The molecule has 0 aliphatic carbocycles. The zero-order valence-corrected chi connectivity index (χ0v) is 18.6. The van der Waals surface area contributed by atoms with Crippen LogP contribution in [0.3, 0.4) is 0 Å². The highest BCUT2D eigenvalue weighted by atomic mass is 16.5. The van der Waals surface area contributed by atoms with Crippen LogP contribution in [0, 0.1) is 6.92 Å². The minimum Gasteiger partial charge on any atom is -0.457 e. The van der Waals surface area contributed by atoms with E-state index in [1.807, 2.05) is 67.6 Å². The molecule has 6 nitrogen and oxygen atoms in total. The smallest absolute Gasteiger partial charge is 0.226 e. The number of rotatable bonds is 7. The van der Waals surface area contributed by atoms with E-state index in [9.17, 15) is 0 Å². The number of fused-ring (bicyclic) bond motifs is 1. The first-order chi connectivity index (χ1) is 16.1. The van der Waals surface area contributed by atoms with Gasteiger partial charge in [0.05, 0.1) is 16.7 Å². The molecule has 5 aromatic rings. The lowest BCUT2D eigenvalue weighted by Gasteiger charge is -2.15. The Morgan fingerprint density at radius 3 is 2.45 bits per heavy atom. The Kier molecular flexibility index (Phi) is 5.83. The van der Waals surface area contributed by atoms with Crippen molar-refractivity contribution in [2.45, 2.75) is 20.0 Å². The third-order valence-electron chi connectivity index (χ3n) is 5.36. The molecule has 0 saturated heterocycles. The van der Waals surface area contributed by atoms with E-state index in [1.54, 1.807) is 12.4 Å². The van der Waals surface area contributed by atoms with Crippen molar-refractivity contribution in [3.63, 3.8) is 0 Å². The molecule has 0 spiro atoms. The molecule has 0 bridgehead atoms. The zero-order chi connectivity index (χ0) is 22.6. The molecule has 0 radical (unpaired) electrons. The van der Waals surface area contributed by atoms with Crippen molar-refractivity contribution in [2.75, 3.05) is 7.05 Å². The third-order valence-corrected chi connectivity index (χ3v) is 5.36. The van der Waals surface area contributed by atoms with Gasteiger partial charge in [-0.2, -0.15) is 0 Å². The maximum absolute atomic E-state index is 6.00. The van der Waals surface area contributed by atoms with Gasteiger partial charge in [-0.25, -0.2) is 4.98 Å². The lowest BCUT2D eigenvalue weighted by molar-refractivity contribution is 0.313. The van der Waals surface area contributed by atoms with E-state index in [0.29, 0.717) is 12.4 Å². The van der Waals surface area contributed by atoms with Crippen molar-refractivity contribution in [1.82, 2.24) is 19.9 Å². The van der Waals surface area contributed by atoms with Crippen LogP contribution in [0.15, 0.2) is 89.6 Å². The molecule has 2 aromatic heterocycles. The minimum absolute atomic E-state index is 0.593. The molecule has 0 saturated carbocycles. The maximum atomic E-state index is 6.00. The number of hydrogen-bond donors (Lipinski definition) is 0. The zero-order valence-electron chi connectivity index (χ0n) is 18.6. The van der Waals surface area contributed by atoms with Crippen LogP contribution in [-0.2, 0) is 13.1 Å². The molecule has 0 N–H and O–H groups in total. The number of para-hydroxylation sites is 1. The van der Waals surface area contributed by atoms with Crippen molar-refractivity contribution in [1.29, 1.82) is 0 Å². The summed E-state index contributed by atoms with van der Waals surface area (Å²) in [5.41, 5.74) is 4.79. The monoisotopic (exact) mass is 436 g/mol. The van der Waals surface area contributed by atoms with Gasteiger partial charge in [-0.3, -0.25) is 14.9 Å². The molecule has 164 valence electrons. The van der Waals surface area contributed by atoms with E-state index in [-0.39, 0.29) is 0 Å². The Balaban J connectivity index is 1.29. The summed E-state index contributed by atoms with van der Waals surface area (Å²) in [6.07, 6.45) is 3.43. The van der Waals surface area contributed by atoms with E-state index in [0.717, 1.165) is 46.1 Å². The van der Waals surface area contributed by atoms with Crippen LogP contribution < -0.4 is 4.74 Å². The van der Waals surface area contributed by atoms with E-state index in [1.165, 1.54) is 5.56 Å². The Hall–Kier alpha value is -4.03. The molecule has 6 heteroatoms. The second kappa shape index (κ2) is 9.22. The molecule has 33 heavy (non-hydrogen) atoms. The molecule has 0 aliphatic heterocycles. The molecule has 2 heterocycles. The lowest BCUT2D eigenvalue weighted by atomic mass is 10.2. The standard InChI is InChI=1S/C27H24N4O2/c1-19-26(18-31(2)17-20-11-12-24-25(15-20)29-14-13-28-24)30-27(32-19)21-7-6-10-23(16-21)33-22-8-4-3-5-9-22/h3-16H,17-18H2,1-2H3. The van der Waals surface area contributed by atoms with Crippen molar-refractivity contribution in [3.05, 3.63) is 102 Å². The van der Waals surface area contributed by atoms with E-state index >= 15 is 0 Å². The summed E-state index contributed by atoms with van der Waals surface area (Å²) in [5.74, 6) is 2.94. The SMILES string of the molecule is Cc1oc(-c2cccc(Oc3ccccc3)c2)nc1CN(C)Cc1ccc2nccnc2c1. The molecule has 0 unspecified atom stereocenters. The molecule has 5 rings (SSSR count). The van der Waals surface area contributed by atoms with Gasteiger partial charge in [0.1, 0.15) is 17.3 Å². The number of aryl methyl sites for hydroxylation is 1. The second-order valence-electron chi connectivity index (χ2n) is 8.02. The highest BCUT2D eigenvalue weighted by Gasteiger charge is 2.14. The molecular weight excluding hydrogens is 412 g/mol. The van der Waals surface area contributed by atoms with Gasteiger partial charge in [0.2, 0.25) is 5.89 Å². The fourth-order valence-electron chi connectivity index (χ4n) is 3.75. The number of nitrogens with zero attached hydrogens (tertiary/aromatic N) is 4. The number of benzene rings is 3. The van der Waals surface area contributed by atoms with Crippen LogP contribution in [0.5, 0.6) is 11.5 Å². The fourth-order valence-corrected chi connectivity index (χ4v) is 3.75. The van der Waals surface area contributed by atoms with Gasteiger partial charge >= 0.3 is 0 Å². The minimum atomic E-state index is 0.593. The largest absolute Gasteiger partial charge is 0.457 e. The predicted octanol–water partition coefficient (Wildman–Crippen LogP) is 6.02. The van der Waals surface area contributed by atoms with Gasteiger partial charge in [0.15, 0.2) is 0 Å². The van der Waals surface area contributed by atoms with Crippen molar-refractivity contribution in [3.8, 4) is 23.0 Å². The quantitative estimate of drug-likeness (QED) is 0.311. The summed E-state index contributed by atoms with van der Waals surface area (Å²) >= 11 is 0. The predicted molar refractivity (Wildman–Crippen MR) is 128 cm³/mol. The van der Waals surface area contributed by atoms with Crippen LogP contribution >= 0.6 is 0 Å². The maximum Gasteiger partial charge on any atom is 0.226 e. The van der Waals surface area contributed by atoms with Crippen LogP contribution in [0.1, 0.15) is 17.0 Å². The third kappa shape index (κ3) is 4.91. The van der Waals surface area contributed by atoms with Crippen LogP contribution in [-0.4, -0.2) is 26.9 Å². The van der Waals surface area contributed by atoms with Crippen molar-refractivity contribution >= 4 is 11.0 Å². The normalized spacial score (nSPS) is 11.2. The molecule has 0 amide bonds. The first kappa shape index (κ1) is 20.8. The van der Waals surface area contributed by atoms with Gasteiger partial charge in [-0.15, -0.1) is 0 Å². The second-order valence-corrected chi connectivity index (χ2v) is 8.02. The fraction of sp³-hybridized carbons (Fsp3) is 0.148. The first-order valence-electron chi connectivity index (χ1n) is 10.8. The van der Waals surface area contributed by atoms with Crippen LogP contribution in [0.25, 0.3) is 22.5 Å². The topological polar surface area (TPSA) is 64.3 Å². The molecule has 0 atom stereocenters. The highest BCUT2D eigenvalue weighted by Crippen LogP contribution is 2.28. The summed E-state index contributed by atoms with van der Waals surface area (Å²) in [6, 6.07) is 23.7. The van der Waals surface area contributed by atoms with Crippen molar-refractivity contribution in [2.24, 2.45) is 0 Å². The molecule has 0 fully saturated rings. The van der Waals surface area contributed by atoms with Crippen molar-refractivity contribution < 1.29 is 9.15 Å². The Morgan fingerprint density at radius 1 is 0.818 bits per heavy atom. The van der Waals surface area contributed by atoms with Gasteiger partial charge < -0.3 is 9.15 Å². The lowest BCUT2D eigenvalue weighted by Crippen LogP contribution is -2.18. The average Bonchev–Trinajstić information content (AvgIpc) is 3.20.